The van der Waals surface area contributed by atoms with Crippen LogP contribution in [0.4, 0.5) is 4.79 Å². The van der Waals surface area contributed by atoms with E-state index in [1.165, 1.54) is 24.8 Å². The molecular formula is C13H17N3O3. The molecule has 0 aliphatic carbocycles. The fourth-order valence-corrected chi connectivity index (χ4v) is 2.08. The molecule has 102 valence electrons. The quantitative estimate of drug-likeness (QED) is 0.865. The van der Waals surface area contributed by atoms with E-state index in [0.717, 1.165) is 25.9 Å². The molecule has 0 spiro atoms. The van der Waals surface area contributed by atoms with E-state index < -0.39 is 5.97 Å². The van der Waals surface area contributed by atoms with Crippen LogP contribution < -0.4 is 5.32 Å². The molecule has 2 rings (SSSR count). The number of urea groups is 1. The van der Waals surface area contributed by atoms with E-state index in [4.69, 9.17) is 5.11 Å². The minimum absolute atomic E-state index is 0.109. The van der Waals surface area contributed by atoms with Gasteiger partial charge in [-0.3, -0.25) is 4.98 Å². The molecule has 1 fully saturated rings. The lowest BCUT2D eigenvalue weighted by Gasteiger charge is -2.26. The van der Waals surface area contributed by atoms with Gasteiger partial charge in [-0.25, -0.2) is 9.59 Å². The second-order valence-corrected chi connectivity index (χ2v) is 4.55. The first-order valence-electron chi connectivity index (χ1n) is 6.38. The Morgan fingerprint density at radius 3 is 2.74 bits per heavy atom. The summed E-state index contributed by atoms with van der Waals surface area (Å²) in [5, 5.41) is 11.6. The van der Waals surface area contributed by atoms with Crippen LogP contribution in [-0.2, 0) is 6.54 Å². The van der Waals surface area contributed by atoms with Gasteiger partial charge in [0.25, 0.3) is 0 Å². The highest BCUT2D eigenvalue weighted by Crippen LogP contribution is 2.08. The van der Waals surface area contributed by atoms with Crippen molar-refractivity contribution in [3.05, 3.63) is 29.6 Å². The minimum Gasteiger partial charge on any atom is -0.478 e. The smallest absolute Gasteiger partial charge is 0.335 e. The van der Waals surface area contributed by atoms with E-state index in [1.807, 2.05) is 0 Å². The minimum atomic E-state index is -0.994. The van der Waals surface area contributed by atoms with Crippen LogP contribution in [-0.4, -0.2) is 40.1 Å². The van der Waals surface area contributed by atoms with Crippen LogP contribution in [0.2, 0.25) is 0 Å². The lowest BCUT2D eigenvalue weighted by molar-refractivity contribution is 0.0696. The summed E-state index contributed by atoms with van der Waals surface area (Å²) in [6.45, 7) is 1.82. The standard InChI is InChI=1S/C13H17N3O3/c17-12(18)10-4-5-14-11(8-10)9-15-13(19)16-6-2-1-3-7-16/h4-5,8H,1-3,6-7,9H2,(H,15,19)(H,17,18). The van der Waals surface area contributed by atoms with Gasteiger partial charge in [0, 0.05) is 19.3 Å². The van der Waals surface area contributed by atoms with Crippen LogP contribution in [0, 0.1) is 0 Å². The van der Waals surface area contributed by atoms with Crippen LogP contribution in [0.5, 0.6) is 0 Å². The molecule has 6 heteroatoms. The maximum Gasteiger partial charge on any atom is 0.335 e. The molecule has 0 atom stereocenters. The van der Waals surface area contributed by atoms with Gasteiger partial charge in [-0.05, 0) is 31.4 Å². The Bertz CT molecular complexity index is 470. The zero-order valence-corrected chi connectivity index (χ0v) is 10.6. The predicted octanol–water partition coefficient (Wildman–Crippen LogP) is 1.48. The van der Waals surface area contributed by atoms with Gasteiger partial charge in [0.1, 0.15) is 0 Å². The Hall–Kier alpha value is -2.11. The molecule has 2 amide bonds. The first-order chi connectivity index (χ1) is 9.16. The van der Waals surface area contributed by atoms with Crippen molar-refractivity contribution in [2.45, 2.75) is 25.8 Å². The van der Waals surface area contributed by atoms with Crippen molar-refractivity contribution in [1.82, 2.24) is 15.2 Å². The highest BCUT2D eigenvalue weighted by Gasteiger charge is 2.16. The fraction of sp³-hybridized carbons (Fsp3) is 0.462. The number of nitrogens with one attached hydrogen (secondary N) is 1. The van der Waals surface area contributed by atoms with Crippen molar-refractivity contribution in [3.8, 4) is 0 Å². The zero-order valence-electron chi connectivity index (χ0n) is 10.6. The molecule has 1 aromatic rings. The third-order valence-corrected chi connectivity index (χ3v) is 3.13. The fourth-order valence-electron chi connectivity index (χ4n) is 2.08. The number of rotatable bonds is 3. The number of aromatic nitrogens is 1. The molecule has 0 saturated carbocycles. The molecule has 2 heterocycles. The number of nitrogens with zero attached hydrogens (tertiary/aromatic N) is 2. The van der Waals surface area contributed by atoms with Crippen LogP contribution in [0.3, 0.4) is 0 Å². The number of hydrogen-bond acceptors (Lipinski definition) is 3. The Morgan fingerprint density at radius 2 is 2.05 bits per heavy atom. The summed E-state index contributed by atoms with van der Waals surface area (Å²) in [5.41, 5.74) is 0.725. The summed E-state index contributed by atoms with van der Waals surface area (Å²) in [6.07, 6.45) is 4.69. The predicted molar refractivity (Wildman–Crippen MR) is 68.9 cm³/mol. The number of carboxylic acid groups (broad SMARTS) is 1. The number of likely N-dealkylation sites (tertiary alicyclic amines) is 1. The molecule has 1 saturated heterocycles. The molecule has 19 heavy (non-hydrogen) atoms. The number of amides is 2. The normalized spacial score (nSPS) is 15.1. The average Bonchev–Trinajstić information content (AvgIpc) is 2.46. The van der Waals surface area contributed by atoms with Gasteiger partial charge in [-0.15, -0.1) is 0 Å². The molecule has 0 unspecified atom stereocenters. The summed E-state index contributed by atoms with van der Waals surface area (Å²) in [4.78, 5) is 28.5. The molecule has 1 aliphatic rings. The van der Waals surface area contributed by atoms with E-state index in [-0.39, 0.29) is 18.1 Å². The highest BCUT2D eigenvalue weighted by atomic mass is 16.4. The molecule has 1 aromatic heterocycles. The van der Waals surface area contributed by atoms with Crippen molar-refractivity contribution < 1.29 is 14.7 Å². The molecule has 0 radical (unpaired) electrons. The van der Waals surface area contributed by atoms with E-state index in [9.17, 15) is 9.59 Å². The Morgan fingerprint density at radius 1 is 1.32 bits per heavy atom. The van der Waals surface area contributed by atoms with Crippen molar-refractivity contribution in [1.29, 1.82) is 0 Å². The van der Waals surface area contributed by atoms with E-state index in [1.54, 1.807) is 4.90 Å². The molecule has 6 nitrogen and oxygen atoms in total. The van der Waals surface area contributed by atoms with Gasteiger partial charge in [0.2, 0.25) is 0 Å². The first kappa shape index (κ1) is 13.3. The number of carbonyl (C=O) groups is 2. The van der Waals surface area contributed by atoms with Gasteiger partial charge in [0.15, 0.2) is 0 Å². The maximum absolute atomic E-state index is 11.9. The Labute approximate surface area is 111 Å². The second kappa shape index (κ2) is 6.17. The maximum atomic E-state index is 11.9. The van der Waals surface area contributed by atoms with Crippen LogP contribution in [0.1, 0.15) is 35.3 Å². The van der Waals surface area contributed by atoms with Crippen molar-refractivity contribution in [2.24, 2.45) is 0 Å². The molecular weight excluding hydrogens is 246 g/mol. The van der Waals surface area contributed by atoms with Crippen LogP contribution in [0.25, 0.3) is 0 Å². The largest absolute Gasteiger partial charge is 0.478 e. The molecule has 1 aliphatic heterocycles. The molecule has 0 aromatic carbocycles. The zero-order chi connectivity index (χ0) is 13.7. The summed E-state index contributed by atoms with van der Waals surface area (Å²) < 4.78 is 0. The third-order valence-electron chi connectivity index (χ3n) is 3.13. The number of pyridine rings is 1. The lowest BCUT2D eigenvalue weighted by Crippen LogP contribution is -2.42. The lowest BCUT2D eigenvalue weighted by atomic mass is 10.1. The first-order valence-corrected chi connectivity index (χ1v) is 6.38. The number of hydrogen-bond donors (Lipinski definition) is 2. The topological polar surface area (TPSA) is 82.5 Å². The number of piperidine rings is 1. The Balaban J connectivity index is 1.89. The number of carboxylic acids is 1. The summed E-state index contributed by atoms with van der Waals surface area (Å²) in [5.74, 6) is -0.994. The van der Waals surface area contributed by atoms with Gasteiger partial charge in [-0.1, -0.05) is 0 Å². The van der Waals surface area contributed by atoms with Gasteiger partial charge in [-0.2, -0.15) is 0 Å². The third kappa shape index (κ3) is 3.67. The van der Waals surface area contributed by atoms with Gasteiger partial charge in [0.05, 0.1) is 17.8 Å². The SMILES string of the molecule is O=C(O)c1ccnc(CNC(=O)N2CCCCC2)c1. The van der Waals surface area contributed by atoms with Gasteiger partial charge < -0.3 is 15.3 Å². The number of carbonyl (C=O) groups excluding carboxylic acids is 1. The van der Waals surface area contributed by atoms with Crippen molar-refractivity contribution in [3.63, 3.8) is 0 Å². The second-order valence-electron chi connectivity index (χ2n) is 4.55. The molecule has 0 bridgehead atoms. The molecule has 2 N–H and O–H groups in total. The van der Waals surface area contributed by atoms with Crippen molar-refractivity contribution in [2.75, 3.05) is 13.1 Å². The average molecular weight is 263 g/mol. The van der Waals surface area contributed by atoms with Crippen molar-refractivity contribution >= 4 is 12.0 Å². The summed E-state index contributed by atoms with van der Waals surface area (Å²) >= 11 is 0. The van der Waals surface area contributed by atoms with Crippen LogP contribution >= 0.6 is 0 Å². The van der Waals surface area contributed by atoms with E-state index in [0.29, 0.717) is 5.69 Å². The monoisotopic (exact) mass is 263 g/mol. The van der Waals surface area contributed by atoms with E-state index in [2.05, 4.69) is 10.3 Å². The van der Waals surface area contributed by atoms with E-state index >= 15 is 0 Å². The summed E-state index contributed by atoms with van der Waals surface area (Å²) in [7, 11) is 0. The summed E-state index contributed by atoms with van der Waals surface area (Å²) in [6, 6.07) is 2.79. The highest BCUT2D eigenvalue weighted by molar-refractivity contribution is 5.87. The Kier molecular flexibility index (Phi) is 4.33. The van der Waals surface area contributed by atoms with Gasteiger partial charge >= 0.3 is 12.0 Å². The number of aromatic carboxylic acids is 1. The van der Waals surface area contributed by atoms with Crippen LogP contribution in [0.15, 0.2) is 18.3 Å².